The van der Waals surface area contributed by atoms with Crippen LogP contribution in [0.2, 0.25) is 0 Å². The van der Waals surface area contributed by atoms with E-state index in [9.17, 15) is 0 Å². The number of allylic oxidation sites excluding steroid dienone is 2. The molecule has 3 heteroatoms. The molecule has 0 fully saturated rings. The summed E-state index contributed by atoms with van der Waals surface area (Å²) in [5.41, 5.74) is 18.1. The van der Waals surface area contributed by atoms with Crippen LogP contribution in [-0.2, 0) is 0 Å². The van der Waals surface area contributed by atoms with Crippen molar-refractivity contribution in [3.05, 3.63) is 273 Å². The Kier molecular flexibility index (Phi) is 9.67. The van der Waals surface area contributed by atoms with Gasteiger partial charge in [-0.1, -0.05) is 212 Å². The molecule has 2 aliphatic rings. The minimum absolute atomic E-state index is 0.234. The molecule has 2 unspecified atom stereocenters. The van der Waals surface area contributed by atoms with Crippen molar-refractivity contribution in [2.24, 2.45) is 0 Å². The van der Waals surface area contributed by atoms with Crippen molar-refractivity contribution >= 4 is 71.9 Å². The van der Waals surface area contributed by atoms with Crippen LogP contribution in [0.25, 0.3) is 88.0 Å². The van der Waals surface area contributed by atoms with E-state index in [0.29, 0.717) is 5.92 Å². The van der Waals surface area contributed by atoms with Gasteiger partial charge in [-0.15, -0.1) is 0 Å². The van der Waals surface area contributed by atoms with Crippen LogP contribution in [0.15, 0.2) is 271 Å². The fraction of sp³-hybridized carbons (Fsp3) is 0.0294. The van der Waals surface area contributed by atoms with Crippen LogP contribution in [0.4, 0.5) is 28.4 Å². The second-order valence-electron chi connectivity index (χ2n) is 18.8. The van der Waals surface area contributed by atoms with E-state index in [1.807, 2.05) is 12.1 Å². The van der Waals surface area contributed by atoms with Crippen LogP contribution in [0, 0.1) is 0 Å². The molecule has 12 aromatic rings. The van der Waals surface area contributed by atoms with Gasteiger partial charge >= 0.3 is 0 Å². The lowest BCUT2D eigenvalue weighted by atomic mass is 9.91. The van der Waals surface area contributed by atoms with Gasteiger partial charge < -0.3 is 14.2 Å². The first-order valence-electron chi connectivity index (χ1n) is 24.6. The van der Waals surface area contributed by atoms with Crippen molar-refractivity contribution in [2.75, 3.05) is 9.80 Å². The Balaban J connectivity index is 0.862. The Morgan fingerprint density at radius 2 is 1.00 bits per heavy atom. The zero-order chi connectivity index (χ0) is 46.8. The highest BCUT2D eigenvalue weighted by molar-refractivity contribution is 6.10. The zero-order valence-electron chi connectivity index (χ0n) is 38.9. The number of anilines is 5. The van der Waals surface area contributed by atoms with E-state index >= 15 is 0 Å². The third kappa shape index (κ3) is 6.89. The van der Waals surface area contributed by atoms with Gasteiger partial charge in [-0.3, -0.25) is 0 Å². The number of para-hydroxylation sites is 5. The van der Waals surface area contributed by atoms with Crippen molar-refractivity contribution in [1.82, 2.24) is 0 Å². The molecule has 3 nitrogen and oxygen atoms in total. The lowest BCUT2D eigenvalue weighted by Gasteiger charge is -2.30. The SMILES string of the molecule is C1=CC2c3ccccc3N(c3ccccc3-c3ccc(-c4cccc(N(c5ccc(-c6cccc7c6oc6ccccc67)cc5)c5ccccc5-c5ccc6c(ccc7ccccc76)c5)c4)cc3)C2C=C1. The molecule has 1 aliphatic heterocycles. The normalized spacial score (nSPS) is 14.9. The van der Waals surface area contributed by atoms with Crippen LogP contribution in [-0.4, -0.2) is 6.04 Å². The Hall–Kier alpha value is -9.18. The van der Waals surface area contributed by atoms with Gasteiger partial charge in [0.1, 0.15) is 11.2 Å². The number of nitrogens with zero attached hydrogens (tertiary/aromatic N) is 2. The Bertz CT molecular complexity index is 4080. The van der Waals surface area contributed by atoms with E-state index in [1.165, 1.54) is 49.6 Å². The largest absolute Gasteiger partial charge is 0.455 e. The van der Waals surface area contributed by atoms with Crippen molar-refractivity contribution < 1.29 is 4.42 Å². The maximum absolute atomic E-state index is 6.50. The van der Waals surface area contributed by atoms with Crippen molar-refractivity contribution in [1.29, 1.82) is 0 Å². The average Bonchev–Trinajstić information content (AvgIpc) is 4.00. The fourth-order valence-corrected chi connectivity index (χ4v) is 11.4. The molecule has 0 spiro atoms. The summed E-state index contributed by atoms with van der Waals surface area (Å²) < 4.78 is 6.50. The molecule has 0 saturated carbocycles. The molecule has 334 valence electrons. The van der Waals surface area contributed by atoms with Gasteiger partial charge in [0, 0.05) is 56.1 Å². The number of rotatable bonds is 8. The molecule has 2 atom stereocenters. The standard InChI is InChI=1S/C68H46N2O/c1-2-18-54-46(15-1)35-36-50-43-51(39-42-55(50)54)57-20-4-8-26-63(57)69(52-40-37-48(38-41-52)58-24-14-25-62-61-23-7-12-30-67(61)71-68(58)62)53-17-13-16-49(44-53)45-31-33-47(34-32-45)56-19-3-9-27-64(56)70-65-28-10-5-21-59(65)60-22-6-11-29-66(60)70/h1-44,59,65H. The maximum atomic E-state index is 6.50. The van der Waals surface area contributed by atoms with Gasteiger partial charge in [0.15, 0.2) is 0 Å². The first-order chi connectivity index (χ1) is 35.2. The van der Waals surface area contributed by atoms with Gasteiger partial charge in [-0.2, -0.15) is 0 Å². The Morgan fingerprint density at radius 1 is 0.366 bits per heavy atom. The molecule has 0 N–H and O–H groups in total. The average molecular weight is 907 g/mol. The molecule has 1 aliphatic carbocycles. The molecule has 2 heterocycles. The summed E-state index contributed by atoms with van der Waals surface area (Å²) in [7, 11) is 0. The predicted octanol–water partition coefficient (Wildman–Crippen LogP) is 18.8. The number of hydrogen-bond donors (Lipinski definition) is 0. The Morgan fingerprint density at radius 3 is 1.90 bits per heavy atom. The highest BCUT2D eigenvalue weighted by Crippen LogP contribution is 2.50. The second-order valence-corrected chi connectivity index (χ2v) is 18.8. The summed E-state index contributed by atoms with van der Waals surface area (Å²) in [5, 5.41) is 7.25. The van der Waals surface area contributed by atoms with Crippen molar-refractivity contribution in [3.63, 3.8) is 0 Å². The first kappa shape index (κ1) is 40.8. The van der Waals surface area contributed by atoms with Gasteiger partial charge in [0.2, 0.25) is 0 Å². The molecular formula is C68H46N2O. The van der Waals surface area contributed by atoms with E-state index in [4.69, 9.17) is 4.42 Å². The third-order valence-corrected chi connectivity index (χ3v) is 14.8. The summed E-state index contributed by atoms with van der Waals surface area (Å²) in [6.45, 7) is 0. The summed E-state index contributed by atoms with van der Waals surface area (Å²) in [5.74, 6) is 0.328. The molecule has 11 aromatic carbocycles. The van der Waals surface area contributed by atoms with Crippen LogP contribution in [0.5, 0.6) is 0 Å². The quantitative estimate of drug-likeness (QED) is 0.142. The van der Waals surface area contributed by atoms with E-state index in [0.717, 1.165) is 72.4 Å². The number of furan rings is 1. The highest BCUT2D eigenvalue weighted by atomic mass is 16.3. The molecule has 0 amide bonds. The van der Waals surface area contributed by atoms with E-state index in [-0.39, 0.29) is 6.04 Å². The summed E-state index contributed by atoms with van der Waals surface area (Å²) in [6.07, 6.45) is 9.07. The van der Waals surface area contributed by atoms with Crippen LogP contribution in [0.1, 0.15) is 11.5 Å². The molecule has 1 aromatic heterocycles. The Labute approximate surface area is 413 Å². The predicted molar refractivity (Wildman–Crippen MR) is 299 cm³/mol. The molecule has 71 heavy (non-hydrogen) atoms. The van der Waals surface area contributed by atoms with E-state index in [2.05, 4.69) is 265 Å². The maximum Gasteiger partial charge on any atom is 0.143 e. The fourth-order valence-electron chi connectivity index (χ4n) is 11.4. The van der Waals surface area contributed by atoms with Gasteiger partial charge in [0.25, 0.3) is 0 Å². The lowest BCUT2D eigenvalue weighted by molar-refractivity contribution is 0.670. The van der Waals surface area contributed by atoms with Crippen LogP contribution in [0.3, 0.4) is 0 Å². The summed E-state index contributed by atoms with van der Waals surface area (Å²) in [6, 6.07) is 88.6. The van der Waals surface area contributed by atoms with Gasteiger partial charge in [0.05, 0.1) is 11.7 Å². The first-order valence-corrected chi connectivity index (χ1v) is 24.6. The lowest BCUT2D eigenvalue weighted by Crippen LogP contribution is -2.28. The van der Waals surface area contributed by atoms with E-state index in [1.54, 1.807) is 0 Å². The molecular weight excluding hydrogens is 861 g/mol. The topological polar surface area (TPSA) is 19.6 Å². The van der Waals surface area contributed by atoms with E-state index < -0.39 is 0 Å². The summed E-state index contributed by atoms with van der Waals surface area (Å²) >= 11 is 0. The van der Waals surface area contributed by atoms with Gasteiger partial charge in [-0.25, -0.2) is 0 Å². The smallest absolute Gasteiger partial charge is 0.143 e. The third-order valence-electron chi connectivity index (χ3n) is 14.8. The van der Waals surface area contributed by atoms with Crippen LogP contribution >= 0.6 is 0 Å². The number of fused-ring (bicyclic) bond motifs is 9. The zero-order valence-corrected chi connectivity index (χ0v) is 38.9. The molecule has 14 rings (SSSR count). The highest BCUT2D eigenvalue weighted by Gasteiger charge is 2.38. The monoisotopic (exact) mass is 906 g/mol. The second kappa shape index (κ2) is 16.8. The minimum Gasteiger partial charge on any atom is -0.455 e. The number of hydrogen-bond acceptors (Lipinski definition) is 3. The molecule has 0 radical (unpaired) electrons. The van der Waals surface area contributed by atoms with Crippen LogP contribution < -0.4 is 9.80 Å². The van der Waals surface area contributed by atoms with Crippen molar-refractivity contribution in [3.8, 4) is 44.5 Å². The molecule has 0 bridgehead atoms. The number of benzene rings is 11. The van der Waals surface area contributed by atoms with Crippen molar-refractivity contribution in [2.45, 2.75) is 12.0 Å². The minimum atomic E-state index is 0.234. The molecule has 0 saturated heterocycles. The summed E-state index contributed by atoms with van der Waals surface area (Å²) in [4.78, 5) is 4.94. The van der Waals surface area contributed by atoms with Gasteiger partial charge in [-0.05, 0) is 110 Å².